The van der Waals surface area contributed by atoms with Crippen molar-refractivity contribution >= 4 is 32.3 Å². The van der Waals surface area contributed by atoms with Crippen LogP contribution >= 0.6 is 0 Å². The molecule has 0 aliphatic carbocycles. The van der Waals surface area contributed by atoms with Gasteiger partial charge in [0.25, 0.3) is 0 Å². The maximum absolute atomic E-state index is 12.8. The summed E-state index contributed by atoms with van der Waals surface area (Å²) in [5.41, 5.74) is 0.724. The zero-order valence-corrected chi connectivity index (χ0v) is 23.5. The van der Waals surface area contributed by atoms with Gasteiger partial charge in [0, 0.05) is 0 Å². The average Bonchev–Trinajstić information content (AvgIpc) is 2.79. The minimum atomic E-state index is -1.99. The van der Waals surface area contributed by atoms with Gasteiger partial charge >= 0.3 is 209 Å². The molecule has 1 unspecified atom stereocenters. The van der Waals surface area contributed by atoms with E-state index in [9.17, 15) is 9.59 Å². The van der Waals surface area contributed by atoms with E-state index in [2.05, 4.69) is 38.8 Å². The Hall–Kier alpha value is -2.22. The van der Waals surface area contributed by atoms with Crippen LogP contribution in [0.15, 0.2) is 70.3 Å². The summed E-state index contributed by atoms with van der Waals surface area (Å²) in [4.78, 5) is 27.6. The standard InChI is InChI=1S/C26H34N2O4SeSi/c1-19-23(29)27-25(30)28(24(19)33-21-15-11-8-12-16-21)18-31-22(20-13-9-7-10-14-20)17-32-34(5,6)26(2,3)4/h7-16,22H,17-18H2,1-6H3,(H,27,29,30). The molecule has 1 aromatic heterocycles. The Labute approximate surface area is 208 Å². The Morgan fingerprint density at radius 2 is 1.59 bits per heavy atom. The first-order chi connectivity index (χ1) is 16.0. The molecule has 1 N–H and O–H groups in total. The van der Waals surface area contributed by atoms with Gasteiger partial charge in [0.15, 0.2) is 0 Å². The van der Waals surface area contributed by atoms with E-state index in [1.54, 1.807) is 11.5 Å². The zero-order chi connectivity index (χ0) is 24.9. The molecule has 0 aliphatic rings. The first-order valence-corrected chi connectivity index (χ1v) is 16.0. The van der Waals surface area contributed by atoms with Crippen LogP contribution in [0.5, 0.6) is 0 Å². The molecule has 0 spiro atoms. The number of nitrogens with zero attached hydrogens (tertiary/aromatic N) is 1. The summed E-state index contributed by atoms with van der Waals surface area (Å²) in [7, 11) is -1.99. The third kappa shape index (κ3) is 6.46. The number of nitrogens with one attached hydrogen (secondary N) is 1. The van der Waals surface area contributed by atoms with Gasteiger partial charge in [-0.1, -0.05) is 0 Å². The molecule has 1 atom stereocenters. The van der Waals surface area contributed by atoms with Crippen molar-refractivity contribution in [3.63, 3.8) is 0 Å². The number of aromatic nitrogens is 2. The quantitative estimate of drug-likeness (QED) is 0.419. The number of rotatable bonds is 9. The van der Waals surface area contributed by atoms with Gasteiger partial charge in [-0.2, -0.15) is 0 Å². The molecule has 0 fully saturated rings. The molecule has 6 nitrogen and oxygen atoms in total. The van der Waals surface area contributed by atoms with Crippen LogP contribution < -0.4 is 20.3 Å². The van der Waals surface area contributed by atoms with Crippen molar-refractivity contribution in [2.24, 2.45) is 0 Å². The molecule has 8 heteroatoms. The number of benzene rings is 2. The molecule has 0 saturated heterocycles. The molecule has 2 aromatic carbocycles. The predicted octanol–water partition coefficient (Wildman–Crippen LogP) is 3.24. The summed E-state index contributed by atoms with van der Waals surface area (Å²) in [6.45, 7) is 13.2. The molecule has 0 aliphatic heterocycles. The SMILES string of the molecule is Cc1c([Se]c2ccccc2)n(COC(CO[Si](C)(C)C(C)(C)C)c2ccccc2)c(=O)[nH]c1=O. The summed E-state index contributed by atoms with van der Waals surface area (Å²) in [5.74, 6) is 0. The van der Waals surface area contributed by atoms with Crippen LogP contribution in [-0.4, -0.2) is 39.4 Å². The minimum absolute atomic E-state index is 0.0286. The van der Waals surface area contributed by atoms with Gasteiger partial charge in [-0.05, 0) is 0 Å². The van der Waals surface area contributed by atoms with Crippen LogP contribution in [-0.2, 0) is 15.9 Å². The molecular weight excluding hydrogens is 511 g/mol. The van der Waals surface area contributed by atoms with Crippen LogP contribution in [0, 0.1) is 6.92 Å². The molecule has 0 bridgehead atoms. The van der Waals surface area contributed by atoms with E-state index in [1.807, 2.05) is 60.7 Å². The Bertz CT molecular complexity index is 1200. The van der Waals surface area contributed by atoms with Gasteiger partial charge in [-0.25, -0.2) is 0 Å². The number of ether oxygens (including phenoxy) is 1. The van der Waals surface area contributed by atoms with Gasteiger partial charge in [0.1, 0.15) is 0 Å². The van der Waals surface area contributed by atoms with Crippen LogP contribution in [0.3, 0.4) is 0 Å². The summed E-state index contributed by atoms with van der Waals surface area (Å²) >= 11 is -0.220. The molecular formula is C26H34N2O4SeSi. The second-order valence-corrected chi connectivity index (χ2v) is 16.8. The van der Waals surface area contributed by atoms with Crippen molar-refractivity contribution in [1.82, 2.24) is 9.55 Å². The molecule has 1 heterocycles. The Kier molecular flexibility index (Phi) is 8.55. The second kappa shape index (κ2) is 11.0. The van der Waals surface area contributed by atoms with Crippen molar-refractivity contribution in [2.45, 2.75) is 58.7 Å². The summed E-state index contributed by atoms with van der Waals surface area (Å²) in [6, 6.07) is 19.8. The Morgan fingerprint density at radius 3 is 2.18 bits per heavy atom. The van der Waals surface area contributed by atoms with E-state index >= 15 is 0 Å². The molecule has 0 radical (unpaired) electrons. The third-order valence-corrected chi connectivity index (χ3v) is 13.4. The predicted molar refractivity (Wildman–Crippen MR) is 141 cm³/mol. The fourth-order valence-electron chi connectivity index (χ4n) is 3.07. The van der Waals surface area contributed by atoms with Crippen molar-refractivity contribution in [2.75, 3.05) is 6.61 Å². The number of aromatic amines is 1. The Morgan fingerprint density at radius 1 is 1.00 bits per heavy atom. The number of hydrogen-bond donors (Lipinski definition) is 1. The molecule has 34 heavy (non-hydrogen) atoms. The topological polar surface area (TPSA) is 73.3 Å². The first-order valence-electron chi connectivity index (χ1n) is 11.4. The Balaban J connectivity index is 1.89. The van der Waals surface area contributed by atoms with E-state index in [0.717, 1.165) is 10.0 Å². The fourth-order valence-corrected chi connectivity index (χ4v) is 6.19. The van der Waals surface area contributed by atoms with Crippen LogP contribution in [0.2, 0.25) is 18.1 Å². The molecule has 182 valence electrons. The number of H-pyrrole nitrogens is 1. The van der Waals surface area contributed by atoms with Crippen molar-refractivity contribution in [1.29, 1.82) is 0 Å². The first kappa shape index (κ1) is 26.4. The second-order valence-electron chi connectivity index (χ2n) is 9.80. The van der Waals surface area contributed by atoms with Gasteiger partial charge < -0.3 is 0 Å². The van der Waals surface area contributed by atoms with Crippen LogP contribution in [0.4, 0.5) is 0 Å². The third-order valence-electron chi connectivity index (χ3n) is 6.31. The van der Waals surface area contributed by atoms with Gasteiger partial charge in [-0.15, -0.1) is 0 Å². The van der Waals surface area contributed by atoms with E-state index in [0.29, 0.717) is 16.8 Å². The summed E-state index contributed by atoms with van der Waals surface area (Å²) < 4.78 is 16.1. The van der Waals surface area contributed by atoms with E-state index in [-0.39, 0.29) is 38.4 Å². The molecule has 0 saturated carbocycles. The van der Waals surface area contributed by atoms with Gasteiger partial charge in [-0.3, -0.25) is 0 Å². The zero-order valence-electron chi connectivity index (χ0n) is 20.8. The van der Waals surface area contributed by atoms with E-state index in [1.165, 1.54) is 0 Å². The monoisotopic (exact) mass is 546 g/mol. The van der Waals surface area contributed by atoms with Crippen molar-refractivity contribution < 1.29 is 9.16 Å². The van der Waals surface area contributed by atoms with Crippen LogP contribution in [0.1, 0.15) is 38.0 Å². The molecule has 0 amide bonds. The number of hydrogen-bond acceptors (Lipinski definition) is 4. The van der Waals surface area contributed by atoms with E-state index in [4.69, 9.17) is 9.16 Å². The van der Waals surface area contributed by atoms with Crippen LogP contribution in [0.25, 0.3) is 0 Å². The summed E-state index contributed by atoms with van der Waals surface area (Å²) in [6.07, 6.45) is -0.341. The molecule has 3 rings (SSSR count). The fraction of sp³-hybridized carbons (Fsp3) is 0.385. The normalized spacial score (nSPS) is 13.1. The maximum atomic E-state index is 12.8. The van der Waals surface area contributed by atoms with Gasteiger partial charge in [0.05, 0.1) is 0 Å². The van der Waals surface area contributed by atoms with E-state index < -0.39 is 14.0 Å². The van der Waals surface area contributed by atoms with Gasteiger partial charge in [0.2, 0.25) is 0 Å². The summed E-state index contributed by atoms with van der Waals surface area (Å²) in [5, 5.41) is 0.0760. The van der Waals surface area contributed by atoms with Crippen molar-refractivity contribution in [3.8, 4) is 0 Å². The molecule has 3 aromatic rings. The van der Waals surface area contributed by atoms with Crippen molar-refractivity contribution in [3.05, 3.63) is 92.6 Å². The average molecular weight is 546 g/mol.